The number of aromatic nitrogens is 1. The Kier molecular flexibility index (Phi) is 6.43. The van der Waals surface area contributed by atoms with Gasteiger partial charge in [0.15, 0.2) is 0 Å². The lowest BCUT2D eigenvalue weighted by atomic mass is 9.88. The summed E-state index contributed by atoms with van der Waals surface area (Å²) in [6, 6.07) is 23.9. The molecule has 3 aromatic carbocycles. The predicted octanol–water partition coefficient (Wildman–Crippen LogP) is 5.88. The highest BCUT2D eigenvalue weighted by atomic mass is 32.2. The zero-order chi connectivity index (χ0) is 24.6. The molecule has 4 aromatic rings. The summed E-state index contributed by atoms with van der Waals surface area (Å²) >= 11 is 0. The number of hydrogen-bond acceptors (Lipinski definition) is 3. The Bertz CT molecular complexity index is 1450. The maximum Gasteiger partial charge on any atom is 0.243 e. The van der Waals surface area contributed by atoms with E-state index in [0.717, 1.165) is 30.7 Å². The van der Waals surface area contributed by atoms with Crippen molar-refractivity contribution >= 4 is 20.9 Å². The Balaban J connectivity index is 1.42. The molecule has 6 heteroatoms. The van der Waals surface area contributed by atoms with Crippen molar-refractivity contribution in [3.63, 3.8) is 0 Å². The average molecular weight is 489 g/mol. The van der Waals surface area contributed by atoms with Gasteiger partial charge >= 0.3 is 0 Å². The van der Waals surface area contributed by atoms with Crippen molar-refractivity contribution in [3.8, 4) is 5.75 Å². The van der Waals surface area contributed by atoms with Crippen LogP contribution in [0.4, 0.5) is 0 Å². The van der Waals surface area contributed by atoms with Crippen LogP contribution in [0.5, 0.6) is 5.75 Å². The third-order valence-corrected chi connectivity index (χ3v) is 9.19. The summed E-state index contributed by atoms with van der Waals surface area (Å²) in [6.45, 7) is 6.01. The molecule has 5 rings (SSSR count). The largest absolute Gasteiger partial charge is 0.497 e. The SMILES string of the molecule is COc1cccc(Cn2c(C)c(C3CCN(S(=O)(=O)c4ccc(C)cc4)CC3)c3ccccc32)c1. The molecule has 0 N–H and O–H groups in total. The molecule has 5 nitrogen and oxygen atoms in total. The molecule has 0 atom stereocenters. The van der Waals surface area contributed by atoms with Crippen LogP contribution in [0.25, 0.3) is 10.9 Å². The Hall–Kier alpha value is -3.09. The number of nitrogens with zero attached hydrogens (tertiary/aromatic N) is 2. The van der Waals surface area contributed by atoms with Crippen molar-refractivity contribution in [2.24, 2.45) is 0 Å². The summed E-state index contributed by atoms with van der Waals surface area (Å²) in [5.41, 5.74) is 6.09. The summed E-state index contributed by atoms with van der Waals surface area (Å²) in [7, 11) is -1.77. The second kappa shape index (κ2) is 9.51. The molecule has 0 spiro atoms. The standard InChI is InChI=1S/C29H32N2O3S/c1-21-11-13-26(14-12-21)35(32,33)30-17-15-24(16-18-30)29-22(2)31(28-10-5-4-9-27(28)29)20-23-7-6-8-25(19-23)34-3/h4-14,19,24H,15-18,20H2,1-3H3. The molecular formula is C29H32N2O3S. The Morgan fingerprint density at radius 3 is 2.34 bits per heavy atom. The van der Waals surface area contributed by atoms with Gasteiger partial charge in [-0.2, -0.15) is 4.31 Å². The Labute approximate surface area is 208 Å². The number of benzene rings is 3. The van der Waals surface area contributed by atoms with Gasteiger partial charge in [0.25, 0.3) is 0 Å². The molecule has 1 aliphatic heterocycles. The van der Waals surface area contributed by atoms with Crippen LogP contribution < -0.4 is 4.74 Å². The number of ether oxygens (including phenoxy) is 1. The number of rotatable bonds is 6. The highest BCUT2D eigenvalue weighted by Gasteiger charge is 2.32. The number of fused-ring (bicyclic) bond motifs is 1. The van der Waals surface area contributed by atoms with E-state index in [4.69, 9.17) is 4.74 Å². The van der Waals surface area contributed by atoms with E-state index in [0.29, 0.717) is 23.9 Å². The summed E-state index contributed by atoms with van der Waals surface area (Å²) in [5, 5.41) is 1.27. The quantitative estimate of drug-likeness (QED) is 0.340. The Morgan fingerprint density at radius 2 is 1.63 bits per heavy atom. The number of methoxy groups -OCH3 is 1. The number of para-hydroxylation sites is 1. The molecule has 0 unspecified atom stereocenters. The van der Waals surface area contributed by atoms with Crippen LogP contribution in [-0.4, -0.2) is 37.5 Å². The highest BCUT2D eigenvalue weighted by Crippen LogP contribution is 2.38. The summed E-state index contributed by atoms with van der Waals surface area (Å²) in [6.07, 6.45) is 1.64. The minimum Gasteiger partial charge on any atom is -0.497 e. The number of piperidine rings is 1. The average Bonchev–Trinajstić information content (AvgIpc) is 3.15. The first kappa shape index (κ1) is 23.6. The van der Waals surface area contributed by atoms with Gasteiger partial charge in [0.2, 0.25) is 10.0 Å². The lowest BCUT2D eigenvalue weighted by Gasteiger charge is -2.31. The van der Waals surface area contributed by atoms with Gasteiger partial charge in [-0.15, -0.1) is 0 Å². The van der Waals surface area contributed by atoms with Gasteiger partial charge in [-0.25, -0.2) is 8.42 Å². The molecule has 1 fully saturated rings. The Morgan fingerprint density at radius 1 is 0.914 bits per heavy atom. The first-order chi connectivity index (χ1) is 16.9. The number of sulfonamides is 1. The highest BCUT2D eigenvalue weighted by molar-refractivity contribution is 7.89. The maximum absolute atomic E-state index is 13.2. The van der Waals surface area contributed by atoms with Crippen LogP contribution in [-0.2, 0) is 16.6 Å². The van der Waals surface area contributed by atoms with Crippen LogP contribution in [0.15, 0.2) is 77.7 Å². The molecule has 0 bridgehead atoms. The molecule has 0 amide bonds. The topological polar surface area (TPSA) is 51.5 Å². The van der Waals surface area contributed by atoms with E-state index >= 15 is 0 Å². The molecule has 2 heterocycles. The van der Waals surface area contributed by atoms with Crippen molar-refractivity contribution in [2.75, 3.05) is 20.2 Å². The monoisotopic (exact) mass is 488 g/mol. The zero-order valence-electron chi connectivity index (χ0n) is 20.6. The van der Waals surface area contributed by atoms with Crippen molar-refractivity contribution in [1.82, 2.24) is 8.87 Å². The third-order valence-electron chi connectivity index (χ3n) is 7.28. The van der Waals surface area contributed by atoms with Gasteiger partial charge in [-0.3, -0.25) is 0 Å². The molecule has 1 aliphatic rings. The van der Waals surface area contributed by atoms with Crippen LogP contribution in [0.2, 0.25) is 0 Å². The minimum atomic E-state index is -3.46. The zero-order valence-corrected chi connectivity index (χ0v) is 21.4. The van der Waals surface area contributed by atoms with E-state index in [-0.39, 0.29) is 0 Å². The van der Waals surface area contributed by atoms with E-state index < -0.39 is 10.0 Å². The molecule has 35 heavy (non-hydrogen) atoms. The molecular weight excluding hydrogens is 456 g/mol. The lowest BCUT2D eigenvalue weighted by Crippen LogP contribution is -2.38. The molecule has 1 saturated heterocycles. The first-order valence-corrected chi connectivity index (χ1v) is 13.6. The summed E-state index contributed by atoms with van der Waals surface area (Å²) < 4.78 is 35.8. The van der Waals surface area contributed by atoms with Crippen LogP contribution >= 0.6 is 0 Å². The molecule has 182 valence electrons. The van der Waals surface area contributed by atoms with Gasteiger partial charge in [-0.05, 0) is 74.1 Å². The van der Waals surface area contributed by atoms with Crippen molar-refractivity contribution in [2.45, 2.75) is 44.0 Å². The van der Waals surface area contributed by atoms with E-state index in [1.165, 1.54) is 27.7 Å². The fourth-order valence-corrected chi connectivity index (χ4v) is 6.84. The maximum atomic E-state index is 13.2. The van der Waals surface area contributed by atoms with Crippen LogP contribution in [0.3, 0.4) is 0 Å². The van der Waals surface area contributed by atoms with Crippen molar-refractivity contribution < 1.29 is 13.2 Å². The van der Waals surface area contributed by atoms with E-state index in [9.17, 15) is 8.42 Å². The van der Waals surface area contributed by atoms with Gasteiger partial charge in [0, 0.05) is 36.2 Å². The second-order valence-electron chi connectivity index (χ2n) is 9.45. The molecule has 0 saturated carbocycles. The fraction of sp³-hybridized carbons (Fsp3) is 0.310. The second-order valence-corrected chi connectivity index (χ2v) is 11.4. The fourth-order valence-electron chi connectivity index (χ4n) is 5.37. The van der Waals surface area contributed by atoms with Crippen LogP contribution in [0.1, 0.15) is 41.1 Å². The van der Waals surface area contributed by atoms with Gasteiger partial charge in [0.05, 0.1) is 12.0 Å². The summed E-state index contributed by atoms with van der Waals surface area (Å²) in [5.74, 6) is 1.19. The van der Waals surface area contributed by atoms with E-state index in [2.05, 4.69) is 47.9 Å². The molecule has 0 radical (unpaired) electrons. The third kappa shape index (κ3) is 4.48. The number of aryl methyl sites for hydroxylation is 1. The van der Waals surface area contributed by atoms with E-state index in [1.54, 1.807) is 23.5 Å². The van der Waals surface area contributed by atoms with Crippen molar-refractivity contribution in [1.29, 1.82) is 0 Å². The summed E-state index contributed by atoms with van der Waals surface area (Å²) in [4.78, 5) is 0.382. The molecule has 0 aliphatic carbocycles. The lowest BCUT2D eigenvalue weighted by molar-refractivity contribution is 0.319. The minimum absolute atomic E-state index is 0.330. The van der Waals surface area contributed by atoms with Gasteiger partial charge in [0.1, 0.15) is 5.75 Å². The van der Waals surface area contributed by atoms with Crippen molar-refractivity contribution in [3.05, 3.63) is 95.2 Å². The first-order valence-electron chi connectivity index (χ1n) is 12.2. The normalized spacial score (nSPS) is 15.5. The van der Waals surface area contributed by atoms with Gasteiger partial charge < -0.3 is 9.30 Å². The number of hydrogen-bond donors (Lipinski definition) is 0. The predicted molar refractivity (Wildman–Crippen MR) is 141 cm³/mol. The molecule has 1 aromatic heterocycles. The van der Waals surface area contributed by atoms with Crippen LogP contribution in [0, 0.1) is 13.8 Å². The van der Waals surface area contributed by atoms with Gasteiger partial charge in [-0.1, -0.05) is 48.0 Å². The smallest absolute Gasteiger partial charge is 0.243 e. The van der Waals surface area contributed by atoms with E-state index in [1.807, 2.05) is 31.2 Å².